The number of carbonyl (C=O) groups excluding carboxylic acids is 1. The molecule has 0 saturated heterocycles. The first kappa shape index (κ1) is 15.5. The van der Waals surface area contributed by atoms with Crippen LogP contribution in [0.1, 0.15) is 5.56 Å². The summed E-state index contributed by atoms with van der Waals surface area (Å²) in [4.78, 5) is 10.8. The van der Waals surface area contributed by atoms with Crippen LogP contribution in [0.2, 0.25) is 0 Å². The molecule has 21 heavy (non-hydrogen) atoms. The normalized spacial score (nSPS) is 16.3. The fraction of sp³-hybridized carbons (Fsp3) is 0.250. The Morgan fingerprint density at radius 3 is 2.33 bits per heavy atom. The van der Waals surface area contributed by atoms with E-state index in [2.05, 4.69) is 4.74 Å². The molecule has 4 nitrogen and oxygen atoms in total. The van der Waals surface area contributed by atoms with Gasteiger partial charge in [0.2, 0.25) is 0 Å². The van der Waals surface area contributed by atoms with Gasteiger partial charge in [0.05, 0.1) is 4.90 Å². The minimum absolute atomic E-state index is 0.372. The second kappa shape index (κ2) is 4.83. The van der Waals surface area contributed by atoms with Gasteiger partial charge in [-0.3, -0.25) is 0 Å². The maximum absolute atomic E-state index is 13.9. The number of sulfone groups is 1. The monoisotopic (exact) mass is 324 g/mol. The highest BCUT2D eigenvalue weighted by molar-refractivity contribution is 7.90. The van der Waals surface area contributed by atoms with E-state index in [0.29, 0.717) is 6.07 Å². The third kappa shape index (κ3) is 2.92. The first-order valence-electron chi connectivity index (χ1n) is 5.49. The van der Waals surface area contributed by atoms with E-state index in [1.807, 2.05) is 0 Å². The zero-order chi connectivity index (χ0) is 16.0. The molecule has 9 heteroatoms. The van der Waals surface area contributed by atoms with Crippen molar-refractivity contribution >= 4 is 21.4 Å². The number of alkyl halides is 3. The van der Waals surface area contributed by atoms with Crippen molar-refractivity contribution in [2.24, 2.45) is 0 Å². The fourth-order valence-electron chi connectivity index (χ4n) is 1.88. The van der Waals surface area contributed by atoms with Crippen LogP contribution in [0, 0.1) is 5.82 Å². The lowest BCUT2D eigenvalue weighted by Gasteiger charge is -2.09. The van der Waals surface area contributed by atoms with E-state index < -0.39 is 51.1 Å². The molecule has 0 spiro atoms. The largest absolute Gasteiger partial charge is 0.457 e. The lowest BCUT2D eigenvalue weighted by molar-refractivity contribution is -0.146. The first-order valence-corrected chi connectivity index (χ1v) is 7.38. The smallest absolute Gasteiger partial charge is 0.423 e. The average molecular weight is 324 g/mol. The van der Waals surface area contributed by atoms with Gasteiger partial charge in [-0.25, -0.2) is 17.6 Å². The molecule has 1 aliphatic rings. The molecule has 0 N–H and O–H groups in total. The average Bonchev–Trinajstić information content (AvgIpc) is 2.69. The topological polar surface area (TPSA) is 60.4 Å². The second-order valence-corrected chi connectivity index (χ2v) is 6.36. The molecule has 114 valence electrons. The Bertz CT molecular complexity index is 747. The Hall–Kier alpha value is -1.90. The van der Waals surface area contributed by atoms with E-state index in [1.165, 1.54) is 0 Å². The third-order valence-electron chi connectivity index (χ3n) is 2.83. The number of esters is 1. The van der Waals surface area contributed by atoms with Crippen LogP contribution in [0.3, 0.4) is 0 Å². The number of cyclic esters (lactones) is 1. The molecule has 1 aliphatic heterocycles. The van der Waals surface area contributed by atoms with Crippen molar-refractivity contribution in [3.05, 3.63) is 35.2 Å². The van der Waals surface area contributed by atoms with Crippen molar-refractivity contribution < 1.29 is 35.5 Å². The zero-order valence-corrected chi connectivity index (χ0v) is 11.3. The minimum Gasteiger partial charge on any atom is -0.457 e. The van der Waals surface area contributed by atoms with Gasteiger partial charge in [-0.05, 0) is 12.1 Å². The predicted molar refractivity (Wildman–Crippen MR) is 63.4 cm³/mol. The Kier molecular flexibility index (Phi) is 3.56. The van der Waals surface area contributed by atoms with Gasteiger partial charge < -0.3 is 4.74 Å². The summed E-state index contributed by atoms with van der Waals surface area (Å²) in [5.41, 5.74) is -2.74. The van der Waals surface area contributed by atoms with E-state index >= 15 is 0 Å². The number of benzene rings is 1. The van der Waals surface area contributed by atoms with Crippen molar-refractivity contribution in [3.8, 4) is 0 Å². The summed E-state index contributed by atoms with van der Waals surface area (Å²) >= 11 is 0. The summed E-state index contributed by atoms with van der Waals surface area (Å²) < 4.78 is 79.0. The maximum Gasteiger partial charge on any atom is 0.423 e. The molecule has 1 aromatic rings. The summed E-state index contributed by atoms with van der Waals surface area (Å²) in [5, 5.41) is 0. The second-order valence-electron chi connectivity index (χ2n) is 4.34. The van der Waals surface area contributed by atoms with E-state index in [0.717, 1.165) is 18.4 Å². The van der Waals surface area contributed by atoms with Gasteiger partial charge in [0.1, 0.15) is 18.0 Å². The van der Waals surface area contributed by atoms with Crippen molar-refractivity contribution in [2.45, 2.75) is 11.1 Å². The number of halogens is 4. The van der Waals surface area contributed by atoms with E-state index in [4.69, 9.17) is 0 Å². The van der Waals surface area contributed by atoms with Gasteiger partial charge in [0, 0.05) is 17.4 Å². The number of hydrogen-bond acceptors (Lipinski definition) is 4. The molecule has 0 saturated carbocycles. The Morgan fingerprint density at radius 1 is 1.24 bits per heavy atom. The van der Waals surface area contributed by atoms with Crippen molar-refractivity contribution in [3.63, 3.8) is 0 Å². The zero-order valence-electron chi connectivity index (χ0n) is 10.5. The van der Waals surface area contributed by atoms with Crippen molar-refractivity contribution in [1.82, 2.24) is 0 Å². The molecule has 0 radical (unpaired) electrons. The Balaban J connectivity index is 2.62. The Morgan fingerprint density at radius 2 is 1.86 bits per heavy atom. The maximum atomic E-state index is 13.9. The molecule has 0 aliphatic carbocycles. The molecule has 0 aromatic heterocycles. The van der Waals surface area contributed by atoms with Crippen molar-refractivity contribution in [1.29, 1.82) is 0 Å². The number of carbonyl (C=O) groups is 1. The number of ether oxygens (including phenoxy) is 1. The van der Waals surface area contributed by atoms with Crippen LogP contribution >= 0.6 is 0 Å². The van der Waals surface area contributed by atoms with Gasteiger partial charge in [-0.1, -0.05) is 6.07 Å². The van der Waals surface area contributed by atoms with E-state index in [1.54, 1.807) is 0 Å². The van der Waals surface area contributed by atoms with Gasteiger partial charge in [0.15, 0.2) is 9.84 Å². The van der Waals surface area contributed by atoms with Gasteiger partial charge in [0.25, 0.3) is 0 Å². The molecular formula is C12H8F4O4S. The first-order chi connectivity index (χ1) is 9.51. The molecule has 0 unspecified atom stereocenters. The van der Waals surface area contributed by atoms with E-state index in [-0.39, 0.29) is 4.90 Å². The molecule has 0 amide bonds. The molecule has 1 aromatic carbocycles. The molecule has 0 atom stereocenters. The molecule has 0 fully saturated rings. The summed E-state index contributed by atoms with van der Waals surface area (Å²) in [6, 6.07) is 2.46. The van der Waals surface area contributed by atoms with Crippen LogP contribution in [0.4, 0.5) is 17.6 Å². The quantitative estimate of drug-likeness (QED) is 0.617. The fourth-order valence-corrected chi connectivity index (χ4v) is 2.51. The van der Waals surface area contributed by atoms with Crippen LogP contribution in [0.25, 0.3) is 5.57 Å². The lowest BCUT2D eigenvalue weighted by Crippen LogP contribution is -2.18. The molecular weight excluding hydrogens is 316 g/mol. The minimum atomic E-state index is -4.98. The van der Waals surface area contributed by atoms with Gasteiger partial charge in [-0.2, -0.15) is 13.2 Å². The summed E-state index contributed by atoms with van der Waals surface area (Å²) in [6.07, 6.45) is -4.14. The Labute approximate surface area is 116 Å². The number of rotatable bonds is 2. The SMILES string of the molecule is CS(=O)(=O)c1ccc(C2=C(C(F)(F)F)C(=O)OC2)c(F)c1. The standard InChI is InChI=1S/C12H8F4O4S/c1-21(18,19)6-2-3-7(9(13)4-6)8-5-20-11(17)10(8)12(14,15)16/h2-4H,5H2,1H3. The van der Waals surface area contributed by atoms with Crippen LogP contribution in [-0.4, -0.2) is 33.4 Å². The molecule has 2 rings (SSSR count). The number of hydrogen-bond donors (Lipinski definition) is 0. The van der Waals surface area contributed by atoms with Gasteiger partial charge >= 0.3 is 12.1 Å². The van der Waals surface area contributed by atoms with Crippen LogP contribution in [0.15, 0.2) is 28.7 Å². The lowest BCUT2D eigenvalue weighted by atomic mass is 10.0. The molecule has 1 heterocycles. The van der Waals surface area contributed by atoms with E-state index in [9.17, 15) is 30.8 Å². The highest BCUT2D eigenvalue weighted by Crippen LogP contribution is 2.38. The highest BCUT2D eigenvalue weighted by Gasteiger charge is 2.46. The summed E-state index contributed by atoms with van der Waals surface area (Å²) in [6.45, 7) is -0.719. The summed E-state index contributed by atoms with van der Waals surface area (Å²) in [5.74, 6) is -2.75. The molecule has 0 bridgehead atoms. The summed E-state index contributed by atoms with van der Waals surface area (Å²) in [7, 11) is -3.69. The van der Waals surface area contributed by atoms with Crippen LogP contribution < -0.4 is 0 Å². The van der Waals surface area contributed by atoms with Crippen LogP contribution in [-0.2, 0) is 19.4 Å². The van der Waals surface area contributed by atoms with Gasteiger partial charge in [-0.15, -0.1) is 0 Å². The van der Waals surface area contributed by atoms with Crippen LogP contribution in [0.5, 0.6) is 0 Å². The van der Waals surface area contributed by atoms with Crippen molar-refractivity contribution in [2.75, 3.05) is 12.9 Å². The highest BCUT2D eigenvalue weighted by atomic mass is 32.2. The predicted octanol–water partition coefficient (Wildman–Crippen LogP) is 2.10. The third-order valence-corrected chi connectivity index (χ3v) is 3.94.